The van der Waals surface area contributed by atoms with Crippen molar-refractivity contribution in [1.29, 1.82) is 0 Å². The fourth-order valence-electron chi connectivity index (χ4n) is 4.87. The van der Waals surface area contributed by atoms with E-state index in [1.54, 1.807) is 12.1 Å². The molecule has 2 aliphatic rings. The van der Waals surface area contributed by atoms with Crippen LogP contribution in [-0.2, 0) is 0 Å². The molecule has 11 heteroatoms. The molecule has 190 valence electrons. The smallest absolute Gasteiger partial charge is 0.335 e. The van der Waals surface area contributed by atoms with Gasteiger partial charge in [0, 0.05) is 10.9 Å². The lowest BCUT2D eigenvalue weighted by atomic mass is 9.92. The van der Waals surface area contributed by atoms with Crippen molar-refractivity contribution >= 4 is 69.3 Å². The van der Waals surface area contributed by atoms with Crippen LogP contribution in [0.5, 0.6) is 0 Å². The van der Waals surface area contributed by atoms with Gasteiger partial charge < -0.3 is 10.2 Å². The summed E-state index contributed by atoms with van der Waals surface area (Å²) in [6, 6.07) is 14.6. The molecule has 2 heterocycles. The number of fused-ring (bicyclic) bond motifs is 1. The van der Waals surface area contributed by atoms with Crippen molar-refractivity contribution in [3.63, 3.8) is 0 Å². The number of aromatic carboxylic acids is 2. The van der Waals surface area contributed by atoms with Crippen LogP contribution >= 0.6 is 11.6 Å². The summed E-state index contributed by atoms with van der Waals surface area (Å²) in [4.78, 5) is 78.2. The van der Waals surface area contributed by atoms with E-state index in [-0.39, 0.29) is 49.8 Å². The van der Waals surface area contributed by atoms with Gasteiger partial charge in [0.15, 0.2) is 0 Å². The van der Waals surface area contributed by atoms with E-state index < -0.39 is 35.6 Å². The van der Waals surface area contributed by atoms with Gasteiger partial charge in [-0.25, -0.2) is 19.4 Å². The maximum absolute atomic E-state index is 13.8. The second-order valence-electron chi connectivity index (χ2n) is 8.83. The molecule has 0 bridgehead atoms. The van der Waals surface area contributed by atoms with Gasteiger partial charge in [0.1, 0.15) is 0 Å². The largest absolute Gasteiger partial charge is 0.478 e. The fraction of sp³-hybridized carbons (Fsp3) is 0. The maximum atomic E-state index is 13.8. The molecule has 39 heavy (non-hydrogen) atoms. The van der Waals surface area contributed by atoms with Crippen molar-refractivity contribution in [1.82, 2.24) is 0 Å². The number of imide groups is 2. The van der Waals surface area contributed by atoms with Crippen molar-refractivity contribution in [2.75, 3.05) is 9.80 Å². The zero-order valence-corrected chi connectivity index (χ0v) is 20.2. The summed E-state index contributed by atoms with van der Waals surface area (Å²) in [7, 11) is 0. The number of benzene rings is 4. The number of hydrogen-bond donors (Lipinski definition) is 2. The highest BCUT2D eigenvalue weighted by Crippen LogP contribution is 2.39. The van der Waals surface area contributed by atoms with Crippen molar-refractivity contribution in [2.45, 2.75) is 0 Å². The molecular weight excluding hydrogens is 528 g/mol. The first-order valence-electron chi connectivity index (χ1n) is 11.3. The molecule has 4 aromatic rings. The van der Waals surface area contributed by atoms with E-state index in [4.69, 9.17) is 11.6 Å². The van der Waals surface area contributed by atoms with E-state index >= 15 is 0 Å². The first-order valence-corrected chi connectivity index (χ1v) is 11.7. The Balaban J connectivity index is 1.52. The van der Waals surface area contributed by atoms with E-state index in [0.29, 0.717) is 10.8 Å². The Morgan fingerprint density at radius 2 is 1.23 bits per heavy atom. The molecule has 4 aromatic carbocycles. The fourth-order valence-corrected chi connectivity index (χ4v) is 5.07. The maximum Gasteiger partial charge on any atom is 0.335 e. The number of hydrogen-bond acceptors (Lipinski definition) is 6. The molecule has 2 aliphatic heterocycles. The quantitative estimate of drug-likeness (QED) is 0.359. The Morgan fingerprint density at radius 1 is 0.615 bits per heavy atom. The second-order valence-corrected chi connectivity index (χ2v) is 9.23. The summed E-state index contributed by atoms with van der Waals surface area (Å²) < 4.78 is 0. The van der Waals surface area contributed by atoms with Crippen LogP contribution in [0, 0.1) is 0 Å². The monoisotopic (exact) mass is 540 g/mol. The lowest BCUT2D eigenvalue weighted by Crippen LogP contribution is -2.41. The van der Waals surface area contributed by atoms with Gasteiger partial charge in [-0.15, -0.1) is 0 Å². The normalized spacial score (nSPS) is 14.3. The lowest BCUT2D eigenvalue weighted by molar-refractivity contribution is 0.0686. The molecule has 6 rings (SSSR count). The third-order valence-corrected chi connectivity index (χ3v) is 6.97. The molecule has 0 unspecified atom stereocenters. The topological polar surface area (TPSA) is 149 Å². The van der Waals surface area contributed by atoms with Gasteiger partial charge in [-0.1, -0.05) is 23.7 Å². The van der Waals surface area contributed by atoms with Crippen molar-refractivity contribution < 1.29 is 39.0 Å². The average molecular weight is 541 g/mol. The summed E-state index contributed by atoms with van der Waals surface area (Å²) in [6.07, 6.45) is 0. The minimum absolute atomic E-state index is 0.00731. The van der Waals surface area contributed by atoms with E-state index in [0.717, 1.165) is 21.9 Å². The highest BCUT2D eigenvalue weighted by atomic mass is 35.5. The minimum atomic E-state index is -1.29. The van der Waals surface area contributed by atoms with Crippen LogP contribution in [-0.4, -0.2) is 45.8 Å². The zero-order chi connectivity index (χ0) is 27.7. The van der Waals surface area contributed by atoms with E-state index in [1.165, 1.54) is 42.5 Å². The predicted molar refractivity (Wildman–Crippen MR) is 138 cm³/mol. The van der Waals surface area contributed by atoms with Gasteiger partial charge in [0.2, 0.25) is 0 Å². The highest BCUT2D eigenvalue weighted by molar-refractivity contribution is 6.41. The van der Waals surface area contributed by atoms with Gasteiger partial charge in [-0.3, -0.25) is 19.2 Å². The third kappa shape index (κ3) is 3.42. The Labute approximate surface area is 223 Å². The highest BCUT2D eigenvalue weighted by Gasteiger charge is 2.40. The molecule has 0 saturated carbocycles. The zero-order valence-electron chi connectivity index (χ0n) is 19.5. The van der Waals surface area contributed by atoms with Gasteiger partial charge in [-0.05, 0) is 60.0 Å². The van der Waals surface area contributed by atoms with Gasteiger partial charge in [0.05, 0.1) is 44.2 Å². The molecule has 10 nitrogen and oxygen atoms in total. The number of carbonyl (C=O) groups is 6. The second kappa shape index (κ2) is 8.33. The predicted octanol–water partition coefficient (Wildman–Crippen LogP) is 4.49. The van der Waals surface area contributed by atoms with Gasteiger partial charge >= 0.3 is 11.9 Å². The van der Waals surface area contributed by atoms with Crippen LogP contribution in [0.2, 0.25) is 5.02 Å². The Kier molecular flexibility index (Phi) is 5.13. The number of carboxylic acid groups (broad SMARTS) is 2. The van der Waals surface area contributed by atoms with Gasteiger partial charge in [0.25, 0.3) is 23.6 Å². The number of amides is 4. The van der Waals surface area contributed by atoms with Crippen LogP contribution in [0.15, 0.2) is 66.7 Å². The lowest BCUT2D eigenvalue weighted by Gasteiger charge is -2.29. The number of anilines is 2. The molecule has 0 aliphatic carbocycles. The van der Waals surface area contributed by atoms with E-state index in [1.807, 2.05) is 0 Å². The summed E-state index contributed by atoms with van der Waals surface area (Å²) >= 11 is 6.28. The molecule has 2 N–H and O–H groups in total. The van der Waals surface area contributed by atoms with Crippen molar-refractivity contribution in [3.05, 3.63) is 105 Å². The van der Waals surface area contributed by atoms with Crippen LogP contribution in [0.4, 0.5) is 11.4 Å². The van der Waals surface area contributed by atoms with Crippen molar-refractivity contribution in [2.24, 2.45) is 0 Å². The number of rotatable bonds is 4. The molecule has 0 atom stereocenters. The molecule has 0 spiro atoms. The first-order chi connectivity index (χ1) is 18.6. The van der Waals surface area contributed by atoms with E-state index in [2.05, 4.69) is 0 Å². The summed E-state index contributed by atoms with van der Waals surface area (Å²) in [5.74, 6) is -5.58. The summed E-state index contributed by atoms with van der Waals surface area (Å²) in [6.45, 7) is 0. The van der Waals surface area contributed by atoms with Crippen LogP contribution in [0.25, 0.3) is 10.8 Å². The Hall–Kier alpha value is -5.35. The molecule has 0 saturated heterocycles. The Bertz CT molecular complexity index is 1880. The summed E-state index contributed by atoms with van der Waals surface area (Å²) in [5, 5.41) is 19.3. The van der Waals surface area contributed by atoms with Crippen LogP contribution < -0.4 is 9.80 Å². The summed E-state index contributed by atoms with van der Waals surface area (Å²) in [5.41, 5.74) is -0.432. The molecule has 0 aromatic heterocycles. The van der Waals surface area contributed by atoms with Crippen LogP contribution in [0.1, 0.15) is 62.1 Å². The minimum Gasteiger partial charge on any atom is -0.478 e. The molecular formula is C28H13ClN2O8. The molecule has 0 radical (unpaired) electrons. The number of carbonyl (C=O) groups excluding carboxylic acids is 4. The van der Waals surface area contributed by atoms with Gasteiger partial charge in [-0.2, -0.15) is 0 Å². The number of nitrogens with zero attached hydrogens (tertiary/aromatic N) is 2. The Morgan fingerprint density at radius 3 is 1.95 bits per heavy atom. The first kappa shape index (κ1) is 24.0. The molecule has 0 fully saturated rings. The SMILES string of the molecule is O=C(O)c1ccc2c(c1)C(=O)N(c1cc3c4c(cccc4c1)C(=O)N(c1cc(C(=O)O)ccc1Cl)C3=O)C2=O. The average Bonchev–Trinajstić information content (AvgIpc) is 3.16. The third-order valence-electron chi connectivity index (χ3n) is 6.65. The molecule has 4 amide bonds. The van der Waals surface area contributed by atoms with Crippen molar-refractivity contribution in [3.8, 4) is 0 Å². The standard InChI is InChI=1S/C28H13ClN2O8/c29-20-7-5-14(28(38)39)10-21(20)31-24(33)17-3-1-2-12-8-15(11-19(22(12)17)26(31)35)30-23(32)16-6-4-13(27(36)37)9-18(16)25(30)34/h1-11H,(H,36,37)(H,38,39). The number of carboxylic acids is 2. The van der Waals surface area contributed by atoms with E-state index in [9.17, 15) is 39.0 Å². The van der Waals surface area contributed by atoms with Crippen LogP contribution in [0.3, 0.4) is 0 Å². The number of halogens is 1.